The fourth-order valence-electron chi connectivity index (χ4n) is 3.22. The maximum Gasteiger partial charge on any atom is 0.231 e. The number of nitrogens with one attached hydrogen (secondary N) is 1. The summed E-state index contributed by atoms with van der Waals surface area (Å²) in [5, 5.41) is 3.56. The lowest BCUT2D eigenvalue weighted by Gasteiger charge is -2.36. The average Bonchev–Trinajstić information content (AvgIpc) is 3.04. The van der Waals surface area contributed by atoms with E-state index in [2.05, 4.69) is 28.3 Å². The Morgan fingerprint density at radius 3 is 2.91 bits per heavy atom. The summed E-state index contributed by atoms with van der Waals surface area (Å²) >= 11 is 0. The SMILES string of the molecule is COc1c2c(cc3c1C(Nc1ccncc1)N(C)CC3)OCO2. The number of benzene rings is 1. The summed E-state index contributed by atoms with van der Waals surface area (Å²) in [5.41, 5.74) is 3.36. The molecule has 2 aliphatic heterocycles. The Bertz CT molecular complexity index is 721. The summed E-state index contributed by atoms with van der Waals surface area (Å²) < 4.78 is 16.8. The van der Waals surface area contributed by atoms with Crippen molar-refractivity contribution in [3.8, 4) is 17.2 Å². The van der Waals surface area contributed by atoms with Crippen molar-refractivity contribution in [2.24, 2.45) is 0 Å². The van der Waals surface area contributed by atoms with Gasteiger partial charge in [-0.3, -0.25) is 9.88 Å². The highest BCUT2D eigenvalue weighted by molar-refractivity contribution is 5.63. The highest BCUT2D eigenvalue weighted by Gasteiger charge is 2.33. The monoisotopic (exact) mass is 313 g/mol. The van der Waals surface area contributed by atoms with Crippen LogP contribution >= 0.6 is 0 Å². The third-order valence-electron chi connectivity index (χ3n) is 4.38. The fraction of sp³-hybridized carbons (Fsp3) is 0.353. The van der Waals surface area contributed by atoms with Crippen LogP contribution in [-0.4, -0.2) is 37.4 Å². The number of anilines is 1. The highest BCUT2D eigenvalue weighted by Crippen LogP contribution is 2.49. The first kappa shape index (κ1) is 14.1. The van der Waals surface area contributed by atoms with Gasteiger partial charge in [0.1, 0.15) is 6.17 Å². The van der Waals surface area contributed by atoms with E-state index in [4.69, 9.17) is 14.2 Å². The van der Waals surface area contributed by atoms with Gasteiger partial charge in [0.15, 0.2) is 11.5 Å². The normalized spacial score (nSPS) is 19.3. The smallest absolute Gasteiger partial charge is 0.231 e. The van der Waals surface area contributed by atoms with Crippen LogP contribution in [0.3, 0.4) is 0 Å². The second-order valence-corrected chi connectivity index (χ2v) is 5.73. The maximum absolute atomic E-state index is 5.69. The molecule has 0 aliphatic carbocycles. The lowest BCUT2D eigenvalue weighted by Crippen LogP contribution is -2.37. The summed E-state index contributed by atoms with van der Waals surface area (Å²) in [4.78, 5) is 6.34. The Hall–Kier alpha value is -2.47. The van der Waals surface area contributed by atoms with Gasteiger partial charge in [-0.15, -0.1) is 0 Å². The van der Waals surface area contributed by atoms with Crippen molar-refractivity contribution >= 4 is 5.69 Å². The van der Waals surface area contributed by atoms with Crippen LogP contribution in [0.25, 0.3) is 0 Å². The Kier molecular flexibility index (Phi) is 3.46. The molecule has 120 valence electrons. The van der Waals surface area contributed by atoms with Gasteiger partial charge in [0, 0.05) is 30.2 Å². The van der Waals surface area contributed by atoms with E-state index >= 15 is 0 Å². The molecule has 1 unspecified atom stereocenters. The van der Waals surface area contributed by atoms with Gasteiger partial charge in [0.2, 0.25) is 12.5 Å². The molecule has 0 radical (unpaired) electrons. The number of hydrogen-bond acceptors (Lipinski definition) is 6. The Labute approximate surface area is 135 Å². The zero-order valence-electron chi connectivity index (χ0n) is 13.2. The van der Waals surface area contributed by atoms with Crippen LogP contribution in [0.5, 0.6) is 17.2 Å². The fourth-order valence-corrected chi connectivity index (χ4v) is 3.22. The van der Waals surface area contributed by atoms with Gasteiger partial charge in [-0.1, -0.05) is 0 Å². The quantitative estimate of drug-likeness (QED) is 0.939. The third kappa shape index (κ3) is 2.35. The minimum Gasteiger partial charge on any atom is -0.492 e. The van der Waals surface area contributed by atoms with E-state index in [1.54, 1.807) is 19.5 Å². The Balaban J connectivity index is 1.80. The van der Waals surface area contributed by atoms with Crippen LogP contribution in [0, 0.1) is 0 Å². The number of fused-ring (bicyclic) bond motifs is 2. The molecule has 0 fully saturated rings. The van der Waals surface area contributed by atoms with E-state index in [0.29, 0.717) is 5.75 Å². The van der Waals surface area contributed by atoms with Crippen LogP contribution in [-0.2, 0) is 6.42 Å². The molecular formula is C17H19N3O3. The van der Waals surface area contributed by atoms with Gasteiger partial charge in [-0.05, 0) is 37.2 Å². The highest BCUT2D eigenvalue weighted by atomic mass is 16.7. The molecule has 2 aliphatic rings. The average molecular weight is 313 g/mol. The molecule has 1 aromatic heterocycles. The van der Waals surface area contributed by atoms with Crippen molar-refractivity contribution < 1.29 is 14.2 Å². The first-order chi connectivity index (χ1) is 11.3. The van der Waals surface area contributed by atoms with E-state index in [1.807, 2.05) is 12.1 Å². The zero-order valence-corrected chi connectivity index (χ0v) is 13.2. The number of rotatable bonds is 3. The van der Waals surface area contributed by atoms with Gasteiger partial charge in [-0.2, -0.15) is 0 Å². The Morgan fingerprint density at radius 1 is 1.30 bits per heavy atom. The van der Waals surface area contributed by atoms with Crippen molar-refractivity contribution in [1.29, 1.82) is 0 Å². The number of pyridine rings is 1. The summed E-state index contributed by atoms with van der Waals surface area (Å²) in [7, 11) is 3.78. The summed E-state index contributed by atoms with van der Waals surface area (Å²) in [5.74, 6) is 2.23. The molecule has 0 amide bonds. The lowest BCUT2D eigenvalue weighted by molar-refractivity contribution is 0.170. The van der Waals surface area contributed by atoms with Gasteiger partial charge in [0.25, 0.3) is 0 Å². The molecule has 0 spiro atoms. The number of methoxy groups -OCH3 is 1. The molecule has 0 bridgehead atoms. The van der Waals surface area contributed by atoms with Gasteiger partial charge < -0.3 is 19.5 Å². The number of likely N-dealkylation sites (N-methyl/N-ethyl adjacent to an activating group) is 1. The number of ether oxygens (including phenoxy) is 3. The van der Waals surface area contributed by atoms with Gasteiger partial charge in [0.05, 0.1) is 7.11 Å². The van der Waals surface area contributed by atoms with E-state index in [-0.39, 0.29) is 13.0 Å². The predicted molar refractivity (Wildman–Crippen MR) is 86.1 cm³/mol. The molecule has 3 heterocycles. The van der Waals surface area contributed by atoms with Crippen molar-refractivity contribution in [3.63, 3.8) is 0 Å². The molecule has 0 saturated heterocycles. The summed E-state index contributed by atoms with van der Waals surface area (Å²) in [6, 6.07) is 6.00. The summed E-state index contributed by atoms with van der Waals surface area (Å²) in [6.45, 7) is 1.20. The number of aromatic nitrogens is 1. The number of nitrogens with zero attached hydrogens (tertiary/aromatic N) is 2. The molecule has 6 heteroatoms. The molecule has 2 aromatic rings. The third-order valence-corrected chi connectivity index (χ3v) is 4.38. The van der Waals surface area contributed by atoms with Crippen LogP contribution in [0.15, 0.2) is 30.6 Å². The van der Waals surface area contributed by atoms with Crippen LogP contribution in [0.4, 0.5) is 5.69 Å². The molecule has 1 N–H and O–H groups in total. The van der Waals surface area contributed by atoms with E-state index in [1.165, 1.54) is 5.56 Å². The van der Waals surface area contributed by atoms with E-state index < -0.39 is 0 Å². The van der Waals surface area contributed by atoms with Gasteiger partial charge >= 0.3 is 0 Å². The first-order valence-electron chi connectivity index (χ1n) is 7.64. The lowest BCUT2D eigenvalue weighted by atomic mass is 9.95. The first-order valence-corrected chi connectivity index (χ1v) is 7.64. The Morgan fingerprint density at radius 2 is 2.13 bits per heavy atom. The van der Waals surface area contributed by atoms with Crippen molar-refractivity contribution in [2.75, 3.05) is 32.8 Å². The molecule has 0 saturated carbocycles. The number of hydrogen-bond donors (Lipinski definition) is 1. The standard InChI is InChI=1S/C17H19N3O3/c1-20-8-5-11-9-13-15(23-10-22-13)16(21-2)14(11)17(20)19-12-3-6-18-7-4-12/h3-4,6-7,9,17H,5,8,10H2,1-2H3,(H,18,19). The predicted octanol–water partition coefficient (Wildman–Crippen LogP) is 2.42. The topological polar surface area (TPSA) is 55.9 Å². The minimum absolute atomic E-state index is 0.00519. The molecule has 6 nitrogen and oxygen atoms in total. The zero-order chi connectivity index (χ0) is 15.8. The van der Waals surface area contributed by atoms with E-state index in [9.17, 15) is 0 Å². The van der Waals surface area contributed by atoms with Crippen LogP contribution in [0.2, 0.25) is 0 Å². The molecule has 4 rings (SSSR count). The molecular weight excluding hydrogens is 294 g/mol. The molecule has 1 atom stereocenters. The minimum atomic E-state index is 0.00519. The van der Waals surface area contributed by atoms with Crippen molar-refractivity contribution in [2.45, 2.75) is 12.6 Å². The van der Waals surface area contributed by atoms with Gasteiger partial charge in [-0.25, -0.2) is 0 Å². The van der Waals surface area contributed by atoms with Crippen LogP contribution < -0.4 is 19.5 Å². The second kappa shape index (κ2) is 5.62. The molecule has 1 aromatic carbocycles. The second-order valence-electron chi connectivity index (χ2n) is 5.73. The largest absolute Gasteiger partial charge is 0.492 e. The van der Waals surface area contributed by atoms with E-state index in [0.717, 1.165) is 35.7 Å². The molecule has 23 heavy (non-hydrogen) atoms. The summed E-state index contributed by atoms with van der Waals surface area (Å²) in [6.07, 6.45) is 4.52. The van der Waals surface area contributed by atoms with Crippen LogP contribution in [0.1, 0.15) is 17.3 Å². The van der Waals surface area contributed by atoms with Crippen molar-refractivity contribution in [1.82, 2.24) is 9.88 Å². The van der Waals surface area contributed by atoms with Crippen molar-refractivity contribution in [3.05, 3.63) is 41.7 Å². The maximum atomic E-state index is 5.69.